The highest BCUT2D eigenvalue weighted by molar-refractivity contribution is 7.99. The SMILES string of the molecule is Cc1cc(C)c(SCCC2CCCCN2)c(Cn2c(=O)[nH]c(=O)c3ccccc32)c1. The van der Waals surface area contributed by atoms with Gasteiger partial charge in [0.15, 0.2) is 0 Å². The number of rotatable bonds is 6. The van der Waals surface area contributed by atoms with Crippen LogP contribution in [0.4, 0.5) is 0 Å². The van der Waals surface area contributed by atoms with Gasteiger partial charge >= 0.3 is 5.69 Å². The molecule has 2 aromatic carbocycles. The first-order chi connectivity index (χ1) is 14.5. The molecule has 6 heteroatoms. The summed E-state index contributed by atoms with van der Waals surface area (Å²) in [5, 5.41) is 4.16. The summed E-state index contributed by atoms with van der Waals surface area (Å²) < 4.78 is 1.68. The molecular formula is C24H29N3O2S. The number of thioether (sulfide) groups is 1. The van der Waals surface area contributed by atoms with Crippen molar-refractivity contribution in [3.8, 4) is 0 Å². The molecule has 1 saturated heterocycles. The van der Waals surface area contributed by atoms with Gasteiger partial charge in [-0.05, 0) is 68.7 Å². The number of fused-ring (bicyclic) bond motifs is 1. The maximum absolute atomic E-state index is 12.7. The van der Waals surface area contributed by atoms with Crippen molar-refractivity contribution in [1.82, 2.24) is 14.9 Å². The van der Waals surface area contributed by atoms with Gasteiger partial charge in [-0.15, -0.1) is 11.8 Å². The van der Waals surface area contributed by atoms with E-state index >= 15 is 0 Å². The zero-order valence-electron chi connectivity index (χ0n) is 17.7. The van der Waals surface area contributed by atoms with E-state index in [-0.39, 0.29) is 11.2 Å². The van der Waals surface area contributed by atoms with Gasteiger partial charge in [0.2, 0.25) is 0 Å². The van der Waals surface area contributed by atoms with E-state index in [0.717, 1.165) is 24.3 Å². The summed E-state index contributed by atoms with van der Waals surface area (Å²) in [6.07, 6.45) is 5.02. The molecule has 1 atom stereocenters. The van der Waals surface area contributed by atoms with Crippen molar-refractivity contribution in [3.63, 3.8) is 0 Å². The van der Waals surface area contributed by atoms with E-state index < -0.39 is 0 Å². The lowest BCUT2D eigenvalue weighted by atomic mass is 10.0. The molecule has 30 heavy (non-hydrogen) atoms. The van der Waals surface area contributed by atoms with E-state index in [1.807, 2.05) is 30.0 Å². The van der Waals surface area contributed by atoms with E-state index in [2.05, 4.69) is 36.3 Å². The van der Waals surface area contributed by atoms with Crippen molar-refractivity contribution < 1.29 is 0 Å². The predicted octanol–water partition coefficient (Wildman–Crippen LogP) is 3.98. The first-order valence-electron chi connectivity index (χ1n) is 10.7. The Morgan fingerprint density at radius 2 is 1.97 bits per heavy atom. The van der Waals surface area contributed by atoms with Crippen LogP contribution < -0.4 is 16.6 Å². The number of hydrogen-bond acceptors (Lipinski definition) is 4. The number of benzene rings is 2. The maximum atomic E-state index is 12.7. The van der Waals surface area contributed by atoms with Gasteiger partial charge in [-0.1, -0.05) is 36.2 Å². The van der Waals surface area contributed by atoms with Crippen molar-refractivity contribution in [2.24, 2.45) is 0 Å². The van der Waals surface area contributed by atoms with Gasteiger partial charge < -0.3 is 5.32 Å². The Kier molecular flexibility index (Phi) is 6.44. The number of para-hydroxylation sites is 1. The highest BCUT2D eigenvalue weighted by Gasteiger charge is 2.15. The lowest BCUT2D eigenvalue weighted by Crippen LogP contribution is -2.34. The first kappa shape index (κ1) is 20.9. The Balaban J connectivity index is 1.64. The third-order valence-corrected chi connectivity index (χ3v) is 7.17. The van der Waals surface area contributed by atoms with Crippen molar-refractivity contribution in [1.29, 1.82) is 0 Å². The predicted molar refractivity (Wildman–Crippen MR) is 125 cm³/mol. The largest absolute Gasteiger partial charge is 0.329 e. The molecule has 2 N–H and O–H groups in total. The Morgan fingerprint density at radius 3 is 2.77 bits per heavy atom. The third kappa shape index (κ3) is 4.55. The lowest BCUT2D eigenvalue weighted by Gasteiger charge is -2.23. The number of nitrogens with one attached hydrogen (secondary N) is 2. The second kappa shape index (κ2) is 9.23. The van der Waals surface area contributed by atoms with Crippen LogP contribution in [0.15, 0.2) is 50.9 Å². The fourth-order valence-electron chi connectivity index (χ4n) is 4.41. The average molecular weight is 424 g/mol. The van der Waals surface area contributed by atoms with Gasteiger partial charge in [-0.3, -0.25) is 14.3 Å². The van der Waals surface area contributed by atoms with Crippen LogP contribution in [0.1, 0.15) is 42.4 Å². The van der Waals surface area contributed by atoms with Crippen LogP contribution >= 0.6 is 11.8 Å². The summed E-state index contributed by atoms with van der Waals surface area (Å²) in [7, 11) is 0. The Labute approximate surface area is 180 Å². The van der Waals surface area contributed by atoms with Gasteiger partial charge in [-0.2, -0.15) is 0 Å². The van der Waals surface area contributed by atoms with E-state index in [1.165, 1.54) is 35.3 Å². The number of hydrogen-bond donors (Lipinski definition) is 2. The monoisotopic (exact) mass is 423 g/mol. The smallest absolute Gasteiger partial charge is 0.314 e. The summed E-state index contributed by atoms with van der Waals surface area (Å²) in [5.41, 5.74) is 3.54. The van der Waals surface area contributed by atoms with Crippen LogP contribution in [-0.4, -0.2) is 27.9 Å². The molecule has 0 spiro atoms. The fraction of sp³-hybridized carbons (Fsp3) is 0.417. The highest BCUT2D eigenvalue weighted by atomic mass is 32.2. The Morgan fingerprint density at radius 1 is 1.13 bits per heavy atom. The van der Waals surface area contributed by atoms with Crippen LogP contribution in [0, 0.1) is 13.8 Å². The topological polar surface area (TPSA) is 66.9 Å². The molecule has 0 radical (unpaired) electrons. The Bertz CT molecular complexity index is 1160. The van der Waals surface area contributed by atoms with Gasteiger partial charge in [0.25, 0.3) is 5.56 Å². The zero-order valence-corrected chi connectivity index (χ0v) is 18.5. The number of nitrogens with zero attached hydrogens (tertiary/aromatic N) is 1. The molecule has 5 nitrogen and oxygen atoms in total. The van der Waals surface area contributed by atoms with Crippen LogP contribution in [0.2, 0.25) is 0 Å². The second-order valence-corrected chi connectivity index (χ2v) is 9.32. The van der Waals surface area contributed by atoms with Crippen molar-refractivity contribution >= 4 is 22.7 Å². The summed E-state index contributed by atoms with van der Waals surface area (Å²) >= 11 is 1.88. The lowest BCUT2D eigenvalue weighted by molar-refractivity contribution is 0.395. The van der Waals surface area contributed by atoms with Crippen molar-refractivity contribution in [2.45, 2.75) is 57.0 Å². The molecule has 4 rings (SSSR count). The number of H-pyrrole nitrogens is 1. The molecule has 1 fully saturated rings. The first-order valence-corrected chi connectivity index (χ1v) is 11.7. The summed E-state index contributed by atoms with van der Waals surface area (Å²) in [6.45, 7) is 5.81. The summed E-state index contributed by atoms with van der Waals surface area (Å²) in [4.78, 5) is 28.6. The average Bonchev–Trinajstić information content (AvgIpc) is 2.73. The molecule has 3 aromatic rings. The minimum atomic E-state index is -0.361. The molecule has 1 unspecified atom stereocenters. The molecule has 1 aromatic heterocycles. The van der Waals surface area contributed by atoms with Gasteiger partial charge in [0.05, 0.1) is 17.4 Å². The number of aryl methyl sites for hydroxylation is 2. The highest BCUT2D eigenvalue weighted by Crippen LogP contribution is 2.30. The zero-order chi connectivity index (χ0) is 21.1. The van der Waals surface area contributed by atoms with Gasteiger partial charge in [0, 0.05) is 10.9 Å². The van der Waals surface area contributed by atoms with E-state index in [0.29, 0.717) is 23.5 Å². The van der Waals surface area contributed by atoms with Gasteiger partial charge in [-0.25, -0.2) is 4.79 Å². The third-order valence-electron chi connectivity index (χ3n) is 5.85. The summed E-state index contributed by atoms with van der Waals surface area (Å²) in [5.74, 6) is 1.05. The quantitative estimate of drug-likeness (QED) is 0.589. The maximum Gasteiger partial charge on any atom is 0.329 e. The molecule has 0 bridgehead atoms. The van der Waals surface area contributed by atoms with E-state index in [4.69, 9.17) is 0 Å². The molecule has 0 amide bonds. The molecule has 0 aliphatic carbocycles. The number of aromatic nitrogens is 2. The Hall–Kier alpha value is -2.31. The van der Waals surface area contributed by atoms with Crippen LogP contribution in [0.5, 0.6) is 0 Å². The number of aromatic amines is 1. The van der Waals surface area contributed by atoms with Crippen LogP contribution in [0.3, 0.4) is 0 Å². The minimum absolute atomic E-state index is 0.332. The van der Waals surface area contributed by atoms with Gasteiger partial charge in [0.1, 0.15) is 0 Å². The van der Waals surface area contributed by atoms with Crippen molar-refractivity contribution in [2.75, 3.05) is 12.3 Å². The molecule has 1 aliphatic heterocycles. The van der Waals surface area contributed by atoms with E-state index in [9.17, 15) is 9.59 Å². The molecular weight excluding hydrogens is 394 g/mol. The van der Waals surface area contributed by atoms with Crippen molar-refractivity contribution in [3.05, 3.63) is 73.9 Å². The normalized spacial score (nSPS) is 16.8. The minimum Gasteiger partial charge on any atom is -0.314 e. The number of piperidine rings is 1. The molecule has 2 heterocycles. The molecule has 158 valence electrons. The fourth-order valence-corrected chi connectivity index (χ4v) is 5.61. The second-order valence-electron chi connectivity index (χ2n) is 8.22. The molecule has 0 saturated carbocycles. The molecule has 1 aliphatic rings. The summed E-state index contributed by atoms with van der Waals surface area (Å²) in [6, 6.07) is 12.3. The van der Waals surface area contributed by atoms with Crippen LogP contribution in [0.25, 0.3) is 10.9 Å². The van der Waals surface area contributed by atoms with Crippen LogP contribution in [-0.2, 0) is 6.54 Å². The standard InChI is InChI=1S/C24H29N3O2S/c1-16-13-17(2)22(30-12-10-19-7-5-6-11-25-19)18(14-16)15-27-21-9-4-3-8-20(21)23(28)26-24(27)29/h3-4,8-9,13-14,19,25H,5-7,10-12,15H2,1-2H3,(H,26,28,29). The van der Waals surface area contributed by atoms with E-state index in [1.54, 1.807) is 10.6 Å².